The van der Waals surface area contributed by atoms with Gasteiger partial charge < -0.3 is 10.1 Å². The number of carbonyl (C=O) groups excluding carboxylic acids is 1. The van der Waals surface area contributed by atoms with E-state index in [0.717, 1.165) is 17.8 Å². The van der Waals surface area contributed by atoms with Crippen LogP contribution >= 0.6 is 11.8 Å². The number of carbonyl (C=O) groups is 1. The van der Waals surface area contributed by atoms with Gasteiger partial charge in [0.05, 0.1) is 29.8 Å². The van der Waals surface area contributed by atoms with Gasteiger partial charge >= 0.3 is 6.18 Å². The molecule has 0 radical (unpaired) electrons. The third-order valence-corrected chi connectivity index (χ3v) is 4.95. The number of alkyl halides is 3. The van der Waals surface area contributed by atoms with Gasteiger partial charge in [-0.25, -0.2) is 4.98 Å². The molecule has 10 heteroatoms. The van der Waals surface area contributed by atoms with Crippen LogP contribution in [0.1, 0.15) is 5.56 Å². The molecule has 0 atom stereocenters. The molecule has 0 saturated carbocycles. The van der Waals surface area contributed by atoms with Gasteiger partial charge in [0.15, 0.2) is 5.03 Å². The highest BCUT2D eigenvalue weighted by Gasteiger charge is 2.33. The number of thioether (sulfide) groups is 1. The molecule has 0 bridgehead atoms. The molecule has 0 aliphatic carbocycles. The second kappa shape index (κ2) is 9.04. The number of rotatable bonds is 6. The number of benzene rings is 2. The highest BCUT2D eigenvalue weighted by atomic mass is 32.2. The summed E-state index contributed by atoms with van der Waals surface area (Å²) in [6.07, 6.45) is -1.72. The summed E-state index contributed by atoms with van der Waals surface area (Å²) in [6.45, 7) is 0. The number of anilines is 1. The minimum atomic E-state index is -4.59. The molecule has 3 aromatic rings. The van der Waals surface area contributed by atoms with Crippen molar-refractivity contribution in [3.8, 4) is 11.4 Å². The molecule has 0 unspecified atom stereocenters. The number of aromatic nitrogens is 2. The van der Waals surface area contributed by atoms with Gasteiger partial charge in [0, 0.05) is 18.5 Å². The summed E-state index contributed by atoms with van der Waals surface area (Å²) in [5.74, 6) is -0.404. The van der Waals surface area contributed by atoms with Crippen LogP contribution in [0.3, 0.4) is 0 Å². The monoisotopic (exact) mass is 435 g/mol. The fourth-order valence-corrected chi connectivity index (χ4v) is 3.31. The highest BCUT2D eigenvalue weighted by molar-refractivity contribution is 7.99. The Kier molecular flexibility index (Phi) is 6.46. The summed E-state index contributed by atoms with van der Waals surface area (Å²) < 4.78 is 45.6. The third-order valence-electron chi connectivity index (χ3n) is 3.99. The van der Waals surface area contributed by atoms with Crippen molar-refractivity contribution < 1.29 is 22.7 Å². The number of hydrogen-bond acceptors (Lipinski definition) is 5. The van der Waals surface area contributed by atoms with Gasteiger partial charge in [-0.05, 0) is 24.3 Å². The van der Waals surface area contributed by atoms with Gasteiger partial charge in [-0.2, -0.15) is 13.2 Å². The molecule has 1 heterocycles. The van der Waals surface area contributed by atoms with Crippen LogP contribution in [0, 0.1) is 0 Å². The second-order valence-corrected chi connectivity index (χ2v) is 6.95. The summed E-state index contributed by atoms with van der Waals surface area (Å²) in [4.78, 5) is 28.8. The average Bonchev–Trinajstić information content (AvgIpc) is 2.72. The molecule has 1 N–H and O–H groups in total. The Labute approximate surface area is 173 Å². The lowest BCUT2D eigenvalue weighted by atomic mass is 10.1. The summed E-state index contributed by atoms with van der Waals surface area (Å²) in [6, 6.07) is 11.5. The van der Waals surface area contributed by atoms with Crippen LogP contribution in [0.25, 0.3) is 5.69 Å². The van der Waals surface area contributed by atoms with Gasteiger partial charge in [0.25, 0.3) is 5.56 Å². The summed E-state index contributed by atoms with van der Waals surface area (Å²) >= 11 is 0.838. The first kappa shape index (κ1) is 21.4. The maximum absolute atomic E-state index is 13.0. The molecule has 30 heavy (non-hydrogen) atoms. The smallest absolute Gasteiger partial charge is 0.418 e. The molecule has 1 aromatic heterocycles. The number of nitrogens with one attached hydrogen (secondary N) is 1. The molecule has 6 nitrogen and oxygen atoms in total. The molecular weight excluding hydrogens is 419 g/mol. The van der Waals surface area contributed by atoms with Crippen molar-refractivity contribution in [3.05, 3.63) is 76.8 Å². The van der Waals surface area contributed by atoms with Crippen LogP contribution in [0.15, 0.2) is 70.7 Å². The molecule has 0 spiro atoms. The lowest BCUT2D eigenvalue weighted by molar-refractivity contribution is -0.137. The van der Waals surface area contributed by atoms with Crippen LogP contribution in [-0.2, 0) is 11.0 Å². The van der Waals surface area contributed by atoms with Gasteiger partial charge in [0.2, 0.25) is 5.91 Å². The van der Waals surface area contributed by atoms with E-state index in [2.05, 4.69) is 10.3 Å². The zero-order valence-electron chi connectivity index (χ0n) is 15.6. The summed E-state index contributed by atoms with van der Waals surface area (Å²) in [7, 11) is 1.51. The van der Waals surface area contributed by atoms with Crippen LogP contribution in [0.2, 0.25) is 0 Å². The number of para-hydroxylation sites is 1. The first-order chi connectivity index (χ1) is 14.3. The van der Waals surface area contributed by atoms with E-state index in [1.54, 1.807) is 24.3 Å². The van der Waals surface area contributed by atoms with Crippen molar-refractivity contribution in [2.45, 2.75) is 11.2 Å². The van der Waals surface area contributed by atoms with E-state index in [1.165, 1.54) is 42.3 Å². The number of hydrogen-bond donors (Lipinski definition) is 1. The Morgan fingerprint density at radius 3 is 2.70 bits per heavy atom. The predicted molar refractivity (Wildman–Crippen MR) is 107 cm³/mol. The van der Waals surface area contributed by atoms with Crippen molar-refractivity contribution in [1.29, 1.82) is 0 Å². The third kappa shape index (κ3) is 5.01. The van der Waals surface area contributed by atoms with Crippen LogP contribution in [0.4, 0.5) is 18.9 Å². The van der Waals surface area contributed by atoms with Crippen molar-refractivity contribution in [3.63, 3.8) is 0 Å². The minimum Gasteiger partial charge on any atom is -0.497 e. The maximum atomic E-state index is 13.0. The lowest BCUT2D eigenvalue weighted by Crippen LogP contribution is -2.22. The molecule has 0 aliphatic heterocycles. The van der Waals surface area contributed by atoms with Crippen molar-refractivity contribution in [1.82, 2.24) is 9.55 Å². The van der Waals surface area contributed by atoms with Crippen LogP contribution < -0.4 is 15.6 Å². The van der Waals surface area contributed by atoms with Crippen LogP contribution in [0.5, 0.6) is 5.75 Å². The molecule has 1 amide bonds. The highest BCUT2D eigenvalue weighted by Crippen LogP contribution is 2.34. The van der Waals surface area contributed by atoms with E-state index in [1.807, 2.05) is 0 Å². The van der Waals surface area contributed by atoms with E-state index in [0.29, 0.717) is 11.4 Å². The predicted octanol–water partition coefficient (Wildman–Crippen LogP) is 3.99. The average molecular weight is 435 g/mol. The van der Waals surface area contributed by atoms with E-state index in [4.69, 9.17) is 4.74 Å². The largest absolute Gasteiger partial charge is 0.497 e. The second-order valence-electron chi connectivity index (χ2n) is 5.99. The van der Waals surface area contributed by atoms with E-state index in [9.17, 15) is 22.8 Å². The zero-order chi connectivity index (χ0) is 21.7. The fraction of sp³-hybridized carbons (Fsp3) is 0.150. The Bertz CT molecular complexity index is 1120. The molecular formula is C20H16F3N3O3S. The van der Waals surface area contributed by atoms with Gasteiger partial charge in [0.1, 0.15) is 5.75 Å². The van der Waals surface area contributed by atoms with E-state index >= 15 is 0 Å². The normalized spacial score (nSPS) is 11.2. The number of amides is 1. The molecule has 3 rings (SSSR count). The SMILES string of the molecule is COc1cccc(-n2ccnc(SCC(=O)Nc3ccccc3C(F)(F)F)c2=O)c1. The maximum Gasteiger partial charge on any atom is 0.418 e. The van der Waals surface area contributed by atoms with E-state index in [-0.39, 0.29) is 16.5 Å². The standard InChI is InChI=1S/C20H16F3N3O3S/c1-29-14-6-4-5-13(11-14)26-10-9-24-18(19(26)28)30-12-17(27)25-16-8-3-2-7-15(16)20(21,22)23/h2-11H,12H2,1H3,(H,25,27). The van der Waals surface area contributed by atoms with Gasteiger partial charge in [-0.3, -0.25) is 14.2 Å². The minimum absolute atomic E-state index is 0.0413. The molecule has 0 fully saturated rings. The Morgan fingerprint density at radius 2 is 1.97 bits per heavy atom. The van der Waals surface area contributed by atoms with E-state index < -0.39 is 23.2 Å². The number of methoxy groups -OCH3 is 1. The van der Waals surface area contributed by atoms with Crippen molar-refractivity contribution in [2.75, 3.05) is 18.2 Å². The van der Waals surface area contributed by atoms with Crippen molar-refractivity contribution >= 4 is 23.4 Å². The lowest BCUT2D eigenvalue weighted by Gasteiger charge is -2.13. The molecule has 2 aromatic carbocycles. The molecule has 0 saturated heterocycles. The summed E-state index contributed by atoms with van der Waals surface area (Å²) in [5.41, 5.74) is -1.20. The Hall–Kier alpha value is -3.27. The first-order valence-corrected chi connectivity index (χ1v) is 9.59. The summed E-state index contributed by atoms with van der Waals surface area (Å²) in [5, 5.41) is 2.28. The van der Waals surface area contributed by atoms with Crippen LogP contribution in [-0.4, -0.2) is 28.3 Å². The fourth-order valence-electron chi connectivity index (χ4n) is 2.62. The Morgan fingerprint density at radius 1 is 1.20 bits per heavy atom. The number of ether oxygens (including phenoxy) is 1. The quantitative estimate of drug-likeness (QED) is 0.593. The van der Waals surface area contributed by atoms with Crippen molar-refractivity contribution in [2.24, 2.45) is 0 Å². The Balaban J connectivity index is 1.74. The first-order valence-electron chi connectivity index (χ1n) is 8.60. The topological polar surface area (TPSA) is 73.2 Å². The number of nitrogens with zero attached hydrogens (tertiary/aromatic N) is 2. The zero-order valence-corrected chi connectivity index (χ0v) is 16.5. The van der Waals surface area contributed by atoms with Gasteiger partial charge in [-0.15, -0.1) is 0 Å². The molecule has 156 valence electrons. The van der Waals surface area contributed by atoms with Gasteiger partial charge in [-0.1, -0.05) is 30.0 Å². The number of halogens is 3. The molecule has 0 aliphatic rings.